The van der Waals surface area contributed by atoms with Crippen LogP contribution in [0.4, 0.5) is 0 Å². The van der Waals surface area contributed by atoms with Gasteiger partial charge in [0.15, 0.2) is 0 Å². The van der Waals surface area contributed by atoms with Crippen molar-refractivity contribution in [1.29, 1.82) is 0 Å². The number of hydrogen-bond donors (Lipinski definition) is 1. The molecule has 0 aliphatic rings. The molecule has 1 heterocycles. The second-order valence-electron chi connectivity index (χ2n) is 5.48. The van der Waals surface area contributed by atoms with Crippen LogP contribution < -0.4 is 5.73 Å². The van der Waals surface area contributed by atoms with Crippen LogP contribution >= 0.6 is 15.9 Å². The van der Waals surface area contributed by atoms with Crippen molar-refractivity contribution >= 4 is 15.9 Å². The lowest BCUT2D eigenvalue weighted by Crippen LogP contribution is -2.35. The van der Waals surface area contributed by atoms with Crippen LogP contribution in [-0.4, -0.2) is 9.78 Å². The van der Waals surface area contributed by atoms with E-state index in [1.54, 1.807) is 0 Å². The molecular weight excluding hydrogens is 302 g/mol. The summed E-state index contributed by atoms with van der Waals surface area (Å²) in [7, 11) is 0. The predicted molar refractivity (Wildman–Crippen MR) is 82.0 cm³/mol. The molecule has 2 aromatic rings. The van der Waals surface area contributed by atoms with Gasteiger partial charge in [-0.25, -0.2) is 0 Å². The largest absolute Gasteiger partial charge is 0.321 e. The fraction of sp³-hybridized carbons (Fsp3) is 0.400. The molecule has 2 N–H and O–H groups in total. The molecule has 1 atom stereocenters. The van der Waals surface area contributed by atoms with Crippen LogP contribution in [0.25, 0.3) is 0 Å². The Morgan fingerprint density at radius 3 is 2.42 bits per heavy atom. The van der Waals surface area contributed by atoms with Crippen LogP contribution in [0.15, 0.2) is 41.0 Å². The summed E-state index contributed by atoms with van der Waals surface area (Å²) in [5, 5.41) is 4.57. The summed E-state index contributed by atoms with van der Waals surface area (Å²) in [5.41, 5.74) is 8.18. The molecule has 0 aliphatic heterocycles. The van der Waals surface area contributed by atoms with Crippen molar-refractivity contribution in [2.45, 2.75) is 38.8 Å². The maximum absolute atomic E-state index is 6.44. The Balaban J connectivity index is 2.17. The lowest BCUT2D eigenvalue weighted by Gasteiger charge is -2.24. The van der Waals surface area contributed by atoms with E-state index >= 15 is 0 Å². The number of halogens is 1. The van der Waals surface area contributed by atoms with E-state index in [4.69, 9.17) is 5.73 Å². The van der Waals surface area contributed by atoms with Gasteiger partial charge in [0.05, 0.1) is 5.69 Å². The third-order valence-electron chi connectivity index (χ3n) is 3.24. The minimum atomic E-state index is -0.406. The quantitative estimate of drug-likeness (QED) is 0.934. The van der Waals surface area contributed by atoms with Gasteiger partial charge in [0.2, 0.25) is 0 Å². The SMILES string of the molecule is CC(C)n1ccc(CC(C)(N)c2ccc(Br)cc2)n1. The molecule has 4 heteroatoms. The molecule has 3 nitrogen and oxygen atoms in total. The molecule has 0 aliphatic carbocycles. The minimum Gasteiger partial charge on any atom is -0.321 e. The van der Waals surface area contributed by atoms with Gasteiger partial charge in [-0.1, -0.05) is 28.1 Å². The zero-order chi connectivity index (χ0) is 14.0. The van der Waals surface area contributed by atoms with Gasteiger partial charge < -0.3 is 5.73 Å². The van der Waals surface area contributed by atoms with E-state index in [0.29, 0.717) is 6.04 Å². The van der Waals surface area contributed by atoms with Crippen LogP contribution in [0, 0.1) is 0 Å². The standard InChI is InChI=1S/C15H20BrN3/c1-11(2)19-9-8-14(18-19)10-15(3,17)12-4-6-13(16)7-5-12/h4-9,11H,10,17H2,1-3H3. The molecule has 2 rings (SSSR count). The van der Waals surface area contributed by atoms with Gasteiger partial charge in [-0.15, -0.1) is 0 Å². The molecule has 0 bridgehead atoms. The van der Waals surface area contributed by atoms with Crippen molar-refractivity contribution in [2.75, 3.05) is 0 Å². The van der Waals surface area contributed by atoms with Crippen molar-refractivity contribution < 1.29 is 0 Å². The first-order valence-corrected chi connectivity index (χ1v) is 7.27. The molecule has 102 valence electrons. The van der Waals surface area contributed by atoms with E-state index in [0.717, 1.165) is 22.2 Å². The number of benzene rings is 1. The Hall–Kier alpha value is -1.13. The highest BCUT2D eigenvalue weighted by Crippen LogP contribution is 2.24. The van der Waals surface area contributed by atoms with Gasteiger partial charge in [-0.05, 0) is 44.5 Å². The van der Waals surface area contributed by atoms with Crippen molar-refractivity contribution in [3.8, 4) is 0 Å². The zero-order valence-electron chi connectivity index (χ0n) is 11.6. The van der Waals surface area contributed by atoms with Crippen LogP contribution in [0.5, 0.6) is 0 Å². The van der Waals surface area contributed by atoms with E-state index in [-0.39, 0.29) is 0 Å². The molecule has 1 unspecified atom stereocenters. The molecule has 0 radical (unpaired) electrons. The molecule has 0 amide bonds. The van der Waals surface area contributed by atoms with E-state index in [9.17, 15) is 0 Å². The van der Waals surface area contributed by atoms with Crippen molar-refractivity contribution in [1.82, 2.24) is 9.78 Å². The fourth-order valence-electron chi connectivity index (χ4n) is 2.07. The second kappa shape index (κ2) is 5.47. The number of rotatable bonds is 4. The average Bonchev–Trinajstić information content (AvgIpc) is 2.77. The highest BCUT2D eigenvalue weighted by molar-refractivity contribution is 9.10. The second-order valence-corrected chi connectivity index (χ2v) is 6.40. The summed E-state index contributed by atoms with van der Waals surface area (Å²) in [6.07, 6.45) is 2.74. The third-order valence-corrected chi connectivity index (χ3v) is 3.77. The summed E-state index contributed by atoms with van der Waals surface area (Å²) in [5.74, 6) is 0. The summed E-state index contributed by atoms with van der Waals surface area (Å²) in [4.78, 5) is 0. The fourth-order valence-corrected chi connectivity index (χ4v) is 2.33. The normalized spacial score (nSPS) is 14.6. The van der Waals surface area contributed by atoms with Crippen LogP contribution in [0.1, 0.15) is 38.1 Å². The molecule has 0 saturated heterocycles. The third kappa shape index (κ3) is 3.45. The number of nitrogens with zero attached hydrogens (tertiary/aromatic N) is 2. The number of nitrogens with two attached hydrogens (primary N) is 1. The van der Waals surface area contributed by atoms with Gasteiger partial charge in [-0.3, -0.25) is 4.68 Å². The maximum atomic E-state index is 6.44. The highest BCUT2D eigenvalue weighted by Gasteiger charge is 2.23. The molecule has 1 aromatic carbocycles. The molecule has 0 saturated carbocycles. The Kier molecular flexibility index (Phi) is 4.11. The molecule has 0 fully saturated rings. The van der Waals surface area contributed by atoms with Gasteiger partial charge >= 0.3 is 0 Å². The van der Waals surface area contributed by atoms with Crippen molar-refractivity contribution in [2.24, 2.45) is 5.73 Å². The first kappa shape index (κ1) is 14.3. The minimum absolute atomic E-state index is 0.380. The lowest BCUT2D eigenvalue weighted by atomic mass is 9.88. The van der Waals surface area contributed by atoms with E-state index in [1.165, 1.54) is 0 Å². The van der Waals surface area contributed by atoms with Gasteiger partial charge in [0, 0.05) is 28.7 Å². The van der Waals surface area contributed by atoms with Crippen molar-refractivity contribution in [3.63, 3.8) is 0 Å². The van der Waals surface area contributed by atoms with Gasteiger partial charge in [0.25, 0.3) is 0 Å². The smallest absolute Gasteiger partial charge is 0.0646 e. The van der Waals surface area contributed by atoms with E-state index in [2.05, 4.69) is 47.0 Å². The van der Waals surface area contributed by atoms with Crippen LogP contribution in [0.2, 0.25) is 0 Å². The average molecular weight is 322 g/mol. The van der Waals surface area contributed by atoms with E-state index in [1.807, 2.05) is 36.0 Å². The summed E-state index contributed by atoms with van der Waals surface area (Å²) in [6, 6.07) is 10.6. The number of hydrogen-bond acceptors (Lipinski definition) is 2. The van der Waals surface area contributed by atoms with Crippen molar-refractivity contribution in [3.05, 3.63) is 52.3 Å². The molecular formula is C15H20BrN3. The zero-order valence-corrected chi connectivity index (χ0v) is 13.2. The van der Waals surface area contributed by atoms with Gasteiger partial charge in [-0.2, -0.15) is 5.10 Å². The number of aromatic nitrogens is 2. The highest BCUT2D eigenvalue weighted by atomic mass is 79.9. The summed E-state index contributed by atoms with van der Waals surface area (Å²) in [6.45, 7) is 6.28. The molecule has 1 aromatic heterocycles. The van der Waals surface area contributed by atoms with Crippen LogP contribution in [0.3, 0.4) is 0 Å². The maximum Gasteiger partial charge on any atom is 0.0646 e. The first-order chi connectivity index (χ1) is 8.88. The Bertz CT molecular complexity index is 541. The van der Waals surface area contributed by atoms with E-state index < -0.39 is 5.54 Å². The Labute approximate surface area is 122 Å². The summed E-state index contributed by atoms with van der Waals surface area (Å²) < 4.78 is 3.03. The monoisotopic (exact) mass is 321 g/mol. The summed E-state index contributed by atoms with van der Waals surface area (Å²) >= 11 is 3.44. The Morgan fingerprint density at radius 2 is 1.89 bits per heavy atom. The molecule has 0 spiro atoms. The Morgan fingerprint density at radius 1 is 1.26 bits per heavy atom. The lowest BCUT2D eigenvalue weighted by molar-refractivity contribution is 0.469. The first-order valence-electron chi connectivity index (χ1n) is 6.47. The van der Waals surface area contributed by atoms with Gasteiger partial charge in [0.1, 0.15) is 0 Å². The topological polar surface area (TPSA) is 43.8 Å². The van der Waals surface area contributed by atoms with Crippen LogP contribution in [-0.2, 0) is 12.0 Å². The molecule has 19 heavy (non-hydrogen) atoms. The predicted octanol–water partition coefficient (Wildman–Crippen LogP) is 3.64.